The predicted octanol–water partition coefficient (Wildman–Crippen LogP) is 5.27. The van der Waals surface area contributed by atoms with Crippen LogP contribution >= 0.6 is 55.1 Å². The lowest BCUT2D eigenvalue weighted by Crippen LogP contribution is -1.97. The molecule has 2 aromatic rings. The molecule has 2 rings (SSSR count). The summed E-state index contributed by atoms with van der Waals surface area (Å²) < 4.78 is 1.81. The van der Waals surface area contributed by atoms with Crippen LogP contribution in [-0.4, -0.2) is 0 Å². The molecule has 0 aromatic heterocycles. The third kappa shape index (κ3) is 3.37. The smallest absolute Gasteiger partial charge is 0.0476 e. The molecule has 0 radical (unpaired) electrons. The molecule has 100 valence electrons. The fraction of sp³-hybridized carbons (Fsp3) is 0.0769. The Morgan fingerprint density at radius 1 is 0.789 bits per heavy atom. The maximum Gasteiger partial charge on any atom is 0.0476 e. The van der Waals surface area contributed by atoms with Crippen molar-refractivity contribution in [3.8, 4) is 0 Å². The van der Waals surface area contributed by atoms with Crippen LogP contribution in [0.25, 0.3) is 0 Å². The highest BCUT2D eigenvalue weighted by Crippen LogP contribution is 2.35. The molecule has 0 heterocycles. The van der Waals surface area contributed by atoms with Gasteiger partial charge in [-0.2, -0.15) is 0 Å². The monoisotopic (exact) mass is 422 g/mol. The molecule has 0 aliphatic rings. The molecule has 0 saturated heterocycles. The van der Waals surface area contributed by atoms with E-state index >= 15 is 0 Å². The molecule has 0 aliphatic carbocycles. The van der Waals surface area contributed by atoms with Crippen molar-refractivity contribution in [3.63, 3.8) is 0 Å². The van der Waals surface area contributed by atoms with Gasteiger partial charge in [-0.1, -0.05) is 55.1 Å². The summed E-state index contributed by atoms with van der Waals surface area (Å²) in [6, 6.07) is 7.09. The third-order valence-corrected chi connectivity index (χ3v) is 4.77. The summed E-state index contributed by atoms with van der Waals surface area (Å²) in [5, 5.41) is 1.11. The van der Waals surface area contributed by atoms with Gasteiger partial charge in [-0.05, 0) is 35.4 Å². The van der Waals surface area contributed by atoms with Gasteiger partial charge in [0.15, 0.2) is 0 Å². The van der Waals surface area contributed by atoms with Crippen molar-refractivity contribution in [3.05, 3.63) is 54.4 Å². The molecular formula is C13H10Br2Cl2N2. The molecule has 0 saturated carbocycles. The second-order valence-corrected chi connectivity index (χ2v) is 6.63. The van der Waals surface area contributed by atoms with Gasteiger partial charge >= 0.3 is 0 Å². The first-order valence-electron chi connectivity index (χ1n) is 5.35. The highest BCUT2D eigenvalue weighted by Gasteiger charge is 2.13. The molecule has 19 heavy (non-hydrogen) atoms. The lowest BCUT2D eigenvalue weighted by molar-refractivity contribution is 1.17. The molecule has 0 fully saturated rings. The van der Waals surface area contributed by atoms with Crippen LogP contribution in [0, 0.1) is 0 Å². The molecule has 0 bridgehead atoms. The lowest BCUT2D eigenvalue weighted by Gasteiger charge is -2.12. The summed E-state index contributed by atoms with van der Waals surface area (Å²) in [6.45, 7) is 0. The van der Waals surface area contributed by atoms with E-state index in [2.05, 4.69) is 31.9 Å². The summed E-state index contributed by atoms with van der Waals surface area (Å²) in [6.07, 6.45) is 0.583. The zero-order valence-corrected chi connectivity index (χ0v) is 14.4. The van der Waals surface area contributed by atoms with Gasteiger partial charge in [-0.25, -0.2) is 0 Å². The normalized spacial score (nSPS) is 10.7. The Kier molecular flexibility index (Phi) is 4.66. The average Bonchev–Trinajstić information content (AvgIpc) is 2.25. The molecule has 6 heteroatoms. The predicted molar refractivity (Wildman–Crippen MR) is 89.9 cm³/mol. The van der Waals surface area contributed by atoms with Crippen LogP contribution in [-0.2, 0) is 6.42 Å². The number of rotatable bonds is 2. The average molecular weight is 425 g/mol. The fourth-order valence-corrected chi connectivity index (χ4v) is 3.90. The minimum absolute atomic E-state index is 0.550. The summed E-state index contributed by atoms with van der Waals surface area (Å²) in [5.41, 5.74) is 14.6. The molecule has 0 aliphatic heterocycles. The van der Waals surface area contributed by atoms with Crippen LogP contribution < -0.4 is 11.5 Å². The topological polar surface area (TPSA) is 52.0 Å². The van der Waals surface area contributed by atoms with Crippen molar-refractivity contribution in [2.75, 3.05) is 11.5 Å². The molecule has 0 atom stereocenters. The van der Waals surface area contributed by atoms with Gasteiger partial charge in [0.1, 0.15) is 0 Å². The number of halogens is 4. The number of nitrogen functional groups attached to an aromatic ring is 2. The van der Waals surface area contributed by atoms with Gasteiger partial charge < -0.3 is 11.5 Å². The Bertz CT molecular complexity index is 543. The van der Waals surface area contributed by atoms with E-state index in [0.29, 0.717) is 27.8 Å². The first-order valence-corrected chi connectivity index (χ1v) is 7.69. The molecule has 4 N–H and O–H groups in total. The maximum absolute atomic E-state index is 6.20. The summed E-state index contributed by atoms with van der Waals surface area (Å²) in [7, 11) is 0. The van der Waals surface area contributed by atoms with E-state index in [1.165, 1.54) is 0 Å². The van der Waals surface area contributed by atoms with Gasteiger partial charge in [-0.3, -0.25) is 0 Å². The first-order chi connectivity index (χ1) is 8.88. The third-order valence-electron chi connectivity index (χ3n) is 2.68. The molecule has 0 unspecified atom stereocenters. The molecular weight excluding hydrogens is 415 g/mol. The van der Waals surface area contributed by atoms with Gasteiger partial charge in [-0.15, -0.1) is 0 Å². The molecule has 2 aromatic carbocycles. The second-order valence-electron chi connectivity index (χ2n) is 4.10. The van der Waals surface area contributed by atoms with Crippen LogP contribution in [0.5, 0.6) is 0 Å². The van der Waals surface area contributed by atoms with Crippen molar-refractivity contribution >= 4 is 66.4 Å². The Morgan fingerprint density at radius 2 is 1.21 bits per heavy atom. The van der Waals surface area contributed by atoms with Crippen molar-refractivity contribution in [1.82, 2.24) is 0 Å². The Hall–Kier alpha value is -0.420. The quantitative estimate of drug-likeness (QED) is 0.645. The maximum atomic E-state index is 6.20. The highest BCUT2D eigenvalue weighted by molar-refractivity contribution is 9.11. The number of anilines is 2. The minimum atomic E-state index is 0.550. The van der Waals surface area contributed by atoms with E-state index in [1.807, 2.05) is 12.1 Å². The van der Waals surface area contributed by atoms with E-state index in [0.717, 1.165) is 20.1 Å². The number of benzene rings is 2. The van der Waals surface area contributed by atoms with Crippen LogP contribution in [0.15, 0.2) is 33.2 Å². The Balaban J connectivity index is 2.48. The summed E-state index contributed by atoms with van der Waals surface area (Å²) in [4.78, 5) is 0. The standard InChI is InChI=1S/C13H10Br2Cl2N2/c14-10-1-6(18)2-11(15)8(10)5-9-12(16)3-7(19)4-13(9)17/h1-4H,5,18-19H2. The van der Waals surface area contributed by atoms with E-state index in [9.17, 15) is 0 Å². The second kappa shape index (κ2) is 5.92. The van der Waals surface area contributed by atoms with E-state index in [-0.39, 0.29) is 0 Å². The van der Waals surface area contributed by atoms with Gasteiger partial charge in [0, 0.05) is 36.8 Å². The number of nitrogens with two attached hydrogens (primary N) is 2. The zero-order valence-electron chi connectivity index (χ0n) is 9.68. The first kappa shape index (κ1) is 15.0. The van der Waals surface area contributed by atoms with Gasteiger partial charge in [0.05, 0.1) is 0 Å². The Labute approximate surface area is 138 Å². The largest absolute Gasteiger partial charge is 0.399 e. The minimum Gasteiger partial charge on any atom is -0.399 e. The lowest BCUT2D eigenvalue weighted by atomic mass is 10.0. The molecule has 0 spiro atoms. The van der Waals surface area contributed by atoms with Crippen molar-refractivity contribution in [1.29, 1.82) is 0 Å². The Morgan fingerprint density at radius 3 is 1.68 bits per heavy atom. The fourth-order valence-electron chi connectivity index (χ4n) is 1.76. The van der Waals surface area contributed by atoms with Crippen molar-refractivity contribution in [2.45, 2.75) is 6.42 Å². The SMILES string of the molecule is Nc1cc(Cl)c(Cc2c(Br)cc(N)cc2Br)c(Cl)c1. The van der Waals surface area contributed by atoms with E-state index in [4.69, 9.17) is 34.7 Å². The highest BCUT2D eigenvalue weighted by atomic mass is 79.9. The van der Waals surface area contributed by atoms with E-state index < -0.39 is 0 Å². The van der Waals surface area contributed by atoms with E-state index in [1.54, 1.807) is 12.1 Å². The number of hydrogen-bond acceptors (Lipinski definition) is 2. The van der Waals surface area contributed by atoms with Gasteiger partial charge in [0.2, 0.25) is 0 Å². The summed E-state index contributed by atoms with van der Waals surface area (Å²) >= 11 is 19.4. The van der Waals surface area contributed by atoms with Crippen LogP contribution in [0.1, 0.15) is 11.1 Å². The van der Waals surface area contributed by atoms with Gasteiger partial charge in [0.25, 0.3) is 0 Å². The number of hydrogen-bond donors (Lipinski definition) is 2. The molecule has 2 nitrogen and oxygen atoms in total. The van der Waals surface area contributed by atoms with Crippen LogP contribution in [0.2, 0.25) is 10.0 Å². The molecule has 0 amide bonds. The van der Waals surface area contributed by atoms with Crippen LogP contribution in [0.3, 0.4) is 0 Å². The van der Waals surface area contributed by atoms with Crippen molar-refractivity contribution in [2.24, 2.45) is 0 Å². The summed E-state index contributed by atoms with van der Waals surface area (Å²) in [5.74, 6) is 0. The van der Waals surface area contributed by atoms with Crippen molar-refractivity contribution < 1.29 is 0 Å². The zero-order chi connectivity index (χ0) is 14.2. The van der Waals surface area contributed by atoms with Crippen LogP contribution in [0.4, 0.5) is 11.4 Å².